The number of nitrogens with zero attached hydrogens (tertiary/aromatic N) is 1. The highest BCUT2D eigenvalue weighted by Gasteiger charge is 2.37. The van der Waals surface area contributed by atoms with Crippen LogP contribution in [0.2, 0.25) is 0 Å². The van der Waals surface area contributed by atoms with E-state index in [1.165, 1.54) is 45.2 Å². The van der Waals surface area contributed by atoms with Gasteiger partial charge in [0.2, 0.25) is 0 Å². The number of hydrogen-bond donors (Lipinski definition) is 1. The van der Waals surface area contributed by atoms with Crippen LogP contribution in [-0.4, -0.2) is 37.1 Å². The summed E-state index contributed by atoms with van der Waals surface area (Å²) in [4.78, 5) is 2.57. The normalized spacial score (nSPS) is 27.8. The van der Waals surface area contributed by atoms with E-state index in [2.05, 4.69) is 23.1 Å². The lowest BCUT2D eigenvalue weighted by Crippen LogP contribution is -2.51. The van der Waals surface area contributed by atoms with Gasteiger partial charge in [0.05, 0.1) is 6.54 Å². The Bertz CT molecular complexity index is 265. The largest absolute Gasteiger partial charge is 0.316 e. The summed E-state index contributed by atoms with van der Waals surface area (Å²) in [5, 5.41) is 3.55. The van der Waals surface area contributed by atoms with E-state index < -0.39 is 0 Å². The Balaban J connectivity index is 1.75. The molecule has 0 aromatic carbocycles. The molecular weight excluding hydrogens is 208 g/mol. The van der Waals surface area contributed by atoms with Gasteiger partial charge in [0, 0.05) is 12.6 Å². The summed E-state index contributed by atoms with van der Waals surface area (Å²) in [5.41, 5.74) is 0. The van der Waals surface area contributed by atoms with Gasteiger partial charge in [-0.2, -0.15) is 0 Å². The maximum Gasteiger partial charge on any atom is 0.0601 e. The van der Waals surface area contributed by atoms with Crippen LogP contribution in [0.3, 0.4) is 0 Å². The molecule has 2 atom stereocenters. The number of hydrogen-bond acceptors (Lipinski definition) is 2. The zero-order valence-corrected chi connectivity index (χ0v) is 11.1. The predicted molar refractivity (Wildman–Crippen MR) is 72.8 cm³/mol. The molecule has 0 heterocycles. The highest BCUT2D eigenvalue weighted by Crippen LogP contribution is 2.36. The maximum absolute atomic E-state index is 5.50. The average Bonchev–Trinajstić information content (AvgIpc) is 3.07. The topological polar surface area (TPSA) is 15.3 Å². The maximum atomic E-state index is 5.50. The fourth-order valence-electron chi connectivity index (χ4n) is 2.80. The molecule has 17 heavy (non-hydrogen) atoms. The van der Waals surface area contributed by atoms with Crippen molar-refractivity contribution in [3.8, 4) is 12.3 Å². The van der Waals surface area contributed by atoms with E-state index in [-0.39, 0.29) is 0 Å². The van der Waals surface area contributed by atoms with Gasteiger partial charge in [-0.05, 0) is 57.0 Å². The molecule has 0 aromatic heterocycles. The lowest BCUT2D eigenvalue weighted by Gasteiger charge is -2.44. The van der Waals surface area contributed by atoms with Crippen molar-refractivity contribution < 1.29 is 0 Å². The Labute approximate surface area is 106 Å². The van der Waals surface area contributed by atoms with Gasteiger partial charge >= 0.3 is 0 Å². The molecule has 1 N–H and O–H groups in total. The van der Waals surface area contributed by atoms with Crippen molar-refractivity contribution in [2.24, 2.45) is 11.8 Å². The smallest absolute Gasteiger partial charge is 0.0601 e. The van der Waals surface area contributed by atoms with Crippen LogP contribution in [0.15, 0.2) is 0 Å². The first-order valence-corrected chi connectivity index (χ1v) is 7.23. The molecule has 2 heteroatoms. The molecule has 0 amide bonds. The van der Waals surface area contributed by atoms with Crippen LogP contribution in [0.1, 0.15) is 39.0 Å². The average molecular weight is 234 g/mol. The molecule has 0 bridgehead atoms. The zero-order chi connectivity index (χ0) is 12.1. The van der Waals surface area contributed by atoms with Crippen molar-refractivity contribution in [1.29, 1.82) is 0 Å². The fourth-order valence-corrected chi connectivity index (χ4v) is 2.80. The molecule has 2 saturated carbocycles. The van der Waals surface area contributed by atoms with Crippen LogP contribution in [0, 0.1) is 24.2 Å². The molecule has 96 valence electrons. The van der Waals surface area contributed by atoms with E-state index in [0.717, 1.165) is 31.0 Å². The summed E-state index contributed by atoms with van der Waals surface area (Å²) in [6, 6.07) is 0.760. The summed E-state index contributed by atoms with van der Waals surface area (Å²) in [6.45, 7) is 6.67. The molecule has 0 spiro atoms. The van der Waals surface area contributed by atoms with Crippen molar-refractivity contribution in [3.05, 3.63) is 0 Å². The van der Waals surface area contributed by atoms with E-state index in [4.69, 9.17) is 6.42 Å². The Kier molecular flexibility index (Phi) is 4.88. The highest BCUT2D eigenvalue weighted by atomic mass is 15.2. The van der Waals surface area contributed by atoms with Crippen LogP contribution in [-0.2, 0) is 0 Å². The van der Waals surface area contributed by atoms with E-state index in [0.29, 0.717) is 0 Å². The Morgan fingerprint density at radius 3 is 2.65 bits per heavy atom. The second-order valence-electron chi connectivity index (χ2n) is 5.69. The van der Waals surface area contributed by atoms with Crippen LogP contribution in [0.5, 0.6) is 0 Å². The summed E-state index contributed by atoms with van der Waals surface area (Å²) in [6.07, 6.45) is 12.3. The number of rotatable bonds is 8. The molecule has 0 aromatic rings. The van der Waals surface area contributed by atoms with Gasteiger partial charge in [0.15, 0.2) is 0 Å². The zero-order valence-electron chi connectivity index (χ0n) is 11.1. The Morgan fingerprint density at radius 1 is 1.29 bits per heavy atom. The Morgan fingerprint density at radius 2 is 2.12 bits per heavy atom. The van der Waals surface area contributed by atoms with E-state index >= 15 is 0 Å². The standard InChI is InChI=1S/C15H26N2/c1-3-9-16-11-14-7-8-15(14)17(10-4-2)12-13-5-6-13/h2,13-16H,3,5-12H2,1H3. The second kappa shape index (κ2) is 6.42. The molecule has 2 aliphatic carbocycles. The van der Waals surface area contributed by atoms with E-state index in [1.807, 2.05) is 0 Å². The minimum Gasteiger partial charge on any atom is -0.316 e. The van der Waals surface area contributed by atoms with Crippen molar-refractivity contribution in [1.82, 2.24) is 10.2 Å². The second-order valence-corrected chi connectivity index (χ2v) is 5.69. The van der Waals surface area contributed by atoms with E-state index in [9.17, 15) is 0 Å². The van der Waals surface area contributed by atoms with Crippen LogP contribution >= 0.6 is 0 Å². The molecule has 0 radical (unpaired) electrons. The van der Waals surface area contributed by atoms with Gasteiger partial charge in [0.25, 0.3) is 0 Å². The minimum atomic E-state index is 0.760. The number of terminal acetylenes is 1. The molecule has 0 saturated heterocycles. The van der Waals surface area contributed by atoms with Gasteiger partial charge in [-0.3, -0.25) is 4.90 Å². The first kappa shape index (κ1) is 12.9. The Hall–Kier alpha value is -0.520. The van der Waals surface area contributed by atoms with Gasteiger partial charge in [-0.15, -0.1) is 6.42 Å². The van der Waals surface area contributed by atoms with Crippen LogP contribution < -0.4 is 5.32 Å². The summed E-state index contributed by atoms with van der Waals surface area (Å²) in [7, 11) is 0. The highest BCUT2D eigenvalue weighted by molar-refractivity contribution is 4.97. The lowest BCUT2D eigenvalue weighted by atomic mass is 9.78. The number of nitrogens with one attached hydrogen (secondary N) is 1. The lowest BCUT2D eigenvalue weighted by molar-refractivity contribution is 0.0693. The van der Waals surface area contributed by atoms with Gasteiger partial charge in [-0.25, -0.2) is 0 Å². The first-order valence-electron chi connectivity index (χ1n) is 7.23. The van der Waals surface area contributed by atoms with Crippen molar-refractivity contribution >= 4 is 0 Å². The molecule has 2 fully saturated rings. The predicted octanol–water partition coefficient (Wildman–Crippen LogP) is 2.11. The summed E-state index contributed by atoms with van der Waals surface area (Å²) in [5.74, 6) is 4.64. The third kappa shape index (κ3) is 3.72. The minimum absolute atomic E-state index is 0.760. The van der Waals surface area contributed by atoms with Gasteiger partial charge in [0.1, 0.15) is 0 Å². The first-order chi connectivity index (χ1) is 8.35. The molecule has 2 rings (SSSR count). The molecular formula is C15H26N2. The fraction of sp³-hybridized carbons (Fsp3) is 0.867. The summed E-state index contributed by atoms with van der Waals surface area (Å²) >= 11 is 0. The van der Waals surface area contributed by atoms with Crippen molar-refractivity contribution in [2.45, 2.75) is 45.1 Å². The van der Waals surface area contributed by atoms with Gasteiger partial charge < -0.3 is 5.32 Å². The van der Waals surface area contributed by atoms with Crippen LogP contribution in [0.4, 0.5) is 0 Å². The van der Waals surface area contributed by atoms with Crippen molar-refractivity contribution in [3.63, 3.8) is 0 Å². The van der Waals surface area contributed by atoms with Crippen LogP contribution in [0.25, 0.3) is 0 Å². The van der Waals surface area contributed by atoms with Crippen molar-refractivity contribution in [2.75, 3.05) is 26.2 Å². The summed E-state index contributed by atoms with van der Waals surface area (Å²) < 4.78 is 0. The third-order valence-electron chi connectivity index (χ3n) is 4.16. The monoisotopic (exact) mass is 234 g/mol. The molecule has 2 unspecified atom stereocenters. The third-order valence-corrected chi connectivity index (χ3v) is 4.16. The van der Waals surface area contributed by atoms with E-state index in [1.54, 1.807) is 0 Å². The van der Waals surface area contributed by atoms with Gasteiger partial charge in [-0.1, -0.05) is 12.8 Å². The molecule has 0 aliphatic heterocycles. The SMILES string of the molecule is C#CCN(CC1CC1)C1CCC1CNCCC. The molecule has 2 nitrogen and oxygen atoms in total. The molecule has 2 aliphatic rings. The quantitative estimate of drug-likeness (QED) is 0.511.